The maximum Gasteiger partial charge on any atom is 0.178 e. The van der Waals surface area contributed by atoms with Crippen molar-refractivity contribution in [2.45, 2.75) is 39.2 Å². The fourth-order valence-corrected chi connectivity index (χ4v) is 2.65. The molecule has 4 heteroatoms. The molecule has 1 aliphatic carbocycles. The molecule has 1 aliphatic rings. The summed E-state index contributed by atoms with van der Waals surface area (Å²) in [5.41, 5.74) is -0.139. The van der Waals surface area contributed by atoms with E-state index in [9.17, 15) is 19.8 Å². The van der Waals surface area contributed by atoms with E-state index in [2.05, 4.69) is 0 Å². The third-order valence-electron chi connectivity index (χ3n) is 3.98. The first-order valence-electron chi connectivity index (χ1n) is 7.66. The highest BCUT2D eigenvalue weighted by Gasteiger charge is 2.37. The summed E-state index contributed by atoms with van der Waals surface area (Å²) in [6, 6.07) is 5.26. The molecule has 1 aromatic rings. The second-order valence-corrected chi connectivity index (χ2v) is 6.63. The number of carbonyl (C=O) groups excluding carboxylic acids is 2. The number of allylic oxidation sites excluding steroid dienone is 4. The van der Waals surface area contributed by atoms with E-state index in [1.807, 2.05) is 19.9 Å². The number of Topliss-reactive ketones (excluding diaryl/α,β-unsaturated/α-hetero) is 2. The maximum atomic E-state index is 12.7. The average Bonchev–Trinajstić information content (AvgIpc) is 2.46. The summed E-state index contributed by atoms with van der Waals surface area (Å²) in [4.78, 5) is 24.9. The van der Waals surface area contributed by atoms with Gasteiger partial charge >= 0.3 is 0 Å². The predicted octanol–water partition coefficient (Wildman–Crippen LogP) is 2.99. The van der Waals surface area contributed by atoms with Gasteiger partial charge in [-0.15, -0.1) is 0 Å². The summed E-state index contributed by atoms with van der Waals surface area (Å²) >= 11 is 0. The lowest BCUT2D eigenvalue weighted by Gasteiger charge is -2.24. The second-order valence-electron chi connectivity index (χ2n) is 6.63. The third kappa shape index (κ3) is 3.27. The Morgan fingerprint density at radius 3 is 2.48 bits per heavy atom. The number of aliphatic hydroxyl groups is 1. The average molecular weight is 314 g/mol. The minimum atomic E-state index is -1.59. The molecule has 2 N–H and O–H groups in total. The third-order valence-corrected chi connectivity index (χ3v) is 3.98. The summed E-state index contributed by atoms with van der Waals surface area (Å²) in [5, 5.41) is 20.3. The van der Waals surface area contributed by atoms with Crippen molar-refractivity contribution in [3.8, 4) is 5.75 Å². The van der Waals surface area contributed by atoms with Crippen LogP contribution in [0.2, 0.25) is 0 Å². The van der Waals surface area contributed by atoms with E-state index in [0.717, 1.165) is 5.56 Å². The number of aromatic hydroxyl groups is 1. The molecule has 0 aromatic heterocycles. The first-order valence-corrected chi connectivity index (χ1v) is 7.66. The Labute approximate surface area is 136 Å². The molecular formula is C19H22O4. The van der Waals surface area contributed by atoms with Crippen LogP contribution in [0.1, 0.15) is 44.7 Å². The minimum absolute atomic E-state index is 0.0619. The number of ketones is 2. The SMILES string of the molecule is CC(C)c1cccc(C2=CC=CC(C(=O)C(C)(C)O)C2=O)c1O. The van der Waals surface area contributed by atoms with Gasteiger partial charge in [0, 0.05) is 11.1 Å². The van der Waals surface area contributed by atoms with Crippen LogP contribution in [-0.4, -0.2) is 27.4 Å². The number of hydrogen-bond acceptors (Lipinski definition) is 4. The van der Waals surface area contributed by atoms with Gasteiger partial charge in [-0.05, 0) is 25.3 Å². The van der Waals surface area contributed by atoms with Crippen molar-refractivity contribution in [3.05, 3.63) is 47.6 Å². The van der Waals surface area contributed by atoms with Gasteiger partial charge in [0.1, 0.15) is 17.3 Å². The normalized spacial score (nSPS) is 18.3. The van der Waals surface area contributed by atoms with Gasteiger partial charge in [0.05, 0.1) is 0 Å². The molecule has 122 valence electrons. The number of para-hydroxylation sites is 1. The molecule has 2 rings (SSSR count). The molecule has 0 saturated carbocycles. The molecule has 0 radical (unpaired) electrons. The molecule has 0 saturated heterocycles. The summed E-state index contributed by atoms with van der Waals surface area (Å²) in [5.74, 6) is -1.82. The number of rotatable bonds is 4. The van der Waals surface area contributed by atoms with Crippen molar-refractivity contribution in [1.29, 1.82) is 0 Å². The van der Waals surface area contributed by atoms with E-state index in [4.69, 9.17) is 0 Å². The summed E-state index contributed by atoms with van der Waals surface area (Å²) in [7, 11) is 0. The molecule has 0 amide bonds. The van der Waals surface area contributed by atoms with Crippen LogP contribution >= 0.6 is 0 Å². The van der Waals surface area contributed by atoms with Gasteiger partial charge in [0.15, 0.2) is 11.6 Å². The Kier molecular flexibility index (Phi) is 4.57. The molecule has 1 aromatic carbocycles. The number of carbonyl (C=O) groups is 2. The van der Waals surface area contributed by atoms with Crippen molar-refractivity contribution >= 4 is 17.1 Å². The largest absolute Gasteiger partial charge is 0.507 e. The number of benzene rings is 1. The van der Waals surface area contributed by atoms with E-state index < -0.39 is 23.1 Å². The Balaban J connectivity index is 2.45. The highest BCUT2D eigenvalue weighted by atomic mass is 16.3. The summed E-state index contributed by atoms with van der Waals surface area (Å²) < 4.78 is 0. The van der Waals surface area contributed by atoms with Crippen molar-refractivity contribution in [1.82, 2.24) is 0 Å². The highest BCUT2D eigenvalue weighted by molar-refractivity contribution is 6.30. The molecule has 0 heterocycles. The van der Waals surface area contributed by atoms with Crippen molar-refractivity contribution in [2.24, 2.45) is 5.92 Å². The van der Waals surface area contributed by atoms with Crippen LogP contribution < -0.4 is 0 Å². The number of hydrogen-bond donors (Lipinski definition) is 2. The van der Waals surface area contributed by atoms with E-state index >= 15 is 0 Å². The van der Waals surface area contributed by atoms with Gasteiger partial charge < -0.3 is 10.2 Å². The molecule has 23 heavy (non-hydrogen) atoms. The topological polar surface area (TPSA) is 74.6 Å². The van der Waals surface area contributed by atoms with Crippen LogP contribution in [0.25, 0.3) is 5.57 Å². The Bertz CT molecular complexity index is 703. The maximum absolute atomic E-state index is 12.7. The van der Waals surface area contributed by atoms with Crippen LogP contribution in [0.3, 0.4) is 0 Å². The molecule has 0 aliphatic heterocycles. The van der Waals surface area contributed by atoms with Crippen LogP contribution in [0.4, 0.5) is 0 Å². The predicted molar refractivity (Wildman–Crippen MR) is 89.1 cm³/mol. The van der Waals surface area contributed by atoms with E-state index in [0.29, 0.717) is 5.56 Å². The number of phenols is 1. The van der Waals surface area contributed by atoms with Gasteiger partial charge in [-0.3, -0.25) is 9.59 Å². The van der Waals surface area contributed by atoms with Gasteiger partial charge in [-0.25, -0.2) is 0 Å². The highest BCUT2D eigenvalue weighted by Crippen LogP contribution is 2.36. The summed E-state index contributed by atoms with van der Waals surface area (Å²) in [6.07, 6.45) is 4.69. The van der Waals surface area contributed by atoms with E-state index in [1.54, 1.807) is 24.3 Å². The van der Waals surface area contributed by atoms with Crippen LogP contribution in [0, 0.1) is 5.92 Å². The fourth-order valence-electron chi connectivity index (χ4n) is 2.65. The zero-order valence-corrected chi connectivity index (χ0v) is 13.8. The Hall–Kier alpha value is -2.20. The van der Waals surface area contributed by atoms with Crippen molar-refractivity contribution in [2.75, 3.05) is 0 Å². The van der Waals surface area contributed by atoms with Gasteiger partial charge in [-0.1, -0.05) is 50.3 Å². The van der Waals surface area contributed by atoms with Gasteiger partial charge in [0.25, 0.3) is 0 Å². The molecule has 4 nitrogen and oxygen atoms in total. The zero-order chi connectivity index (χ0) is 17.4. The first-order chi connectivity index (χ1) is 10.6. The van der Waals surface area contributed by atoms with Crippen LogP contribution in [-0.2, 0) is 9.59 Å². The standard InChI is InChI=1S/C19H22O4/c1-11(2)12-7-5-8-13(16(12)20)14-9-6-10-15(17(14)21)18(22)19(3,4)23/h5-11,15,20,23H,1-4H3. The van der Waals surface area contributed by atoms with Gasteiger partial charge in [-0.2, -0.15) is 0 Å². The lowest BCUT2D eigenvalue weighted by molar-refractivity contribution is -0.140. The molecular weight excluding hydrogens is 292 g/mol. The quantitative estimate of drug-likeness (QED) is 0.838. The summed E-state index contributed by atoms with van der Waals surface area (Å²) in [6.45, 7) is 6.64. The number of phenolic OH excluding ortho intramolecular Hbond substituents is 1. The Morgan fingerprint density at radius 1 is 1.26 bits per heavy atom. The van der Waals surface area contributed by atoms with Crippen molar-refractivity contribution < 1.29 is 19.8 Å². The smallest absolute Gasteiger partial charge is 0.178 e. The fraction of sp³-hybridized carbons (Fsp3) is 0.368. The zero-order valence-electron chi connectivity index (χ0n) is 13.8. The lowest BCUT2D eigenvalue weighted by Crippen LogP contribution is -2.40. The lowest BCUT2D eigenvalue weighted by atomic mass is 9.80. The molecule has 0 spiro atoms. The van der Waals surface area contributed by atoms with Crippen LogP contribution in [0.15, 0.2) is 36.4 Å². The molecule has 0 bridgehead atoms. The molecule has 1 atom stereocenters. The van der Waals surface area contributed by atoms with Gasteiger partial charge in [0.2, 0.25) is 0 Å². The van der Waals surface area contributed by atoms with Crippen molar-refractivity contribution in [3.63, 3.8) is 0 Å². The Morgan fingerprint density at radius 2 is 1.91 bits per heavy atom. The van der Waals surface area contributed by atoms with Crippen LogP contribution in [0.5, 0.6) is 5.75 Å². The monoisotopic (exact) mass is 314 g/mol. The molecule has 1 unspecified atom stereocenters. The molecule has 0 fully saturated rings. The van der Waals surface area contributed by atoms with E-state index in [1.165, 1.54) is 19.9 Å². The van der Waals surface area contributed by atoms with E-state index in [-0.39, 0.29) is 17.2 Å². The first kappa shape index (κ1) is 17.2. The minimum Gasteiger partial charge on any atom is -0.507 e. The second kappa shape index (κ2) is 6.13.